The van der Waals surface area contributed by atoms with E-state index in [1.807, 2.05) is 29.2 Å². The van der Waals surface area contributed by atoms with Crippen molar-refractivity contribution in [3.63, 3.8) is 0 Å². The third-order valence-corrected chi connectivity index (χ3v) is 3.21. The van der Waals surface area contributed by atoms with Crippen LogP contribution in [0.1, 0.15) is 0 Å². The number of nitrogen functional groups attached to an aromatic ring is 1. The Kier molecular flexibility index (Phi) is 4.04. The summed E-state index contributed by atoms with van der Waals surface area (Å²) in [7, 11) is 2.08. The van der Waals surface area contributed by atoms with Crippen molar-refractivity contribution < 1.29 is 4.79 Å². The normalized spacial score (nSPS) is 16.6. The van der Waals surface area contributed by atoms with Crippen molar-refractivity contribution in [1.82, 2.24) is 9.80 Å². The van der Waals surface area contributed by atoms with Gasteiger partial charge in [0.25, 0.3) is 0 Å². The average Bonchev–Trinajstić information content (AvgIpc) is 2.38. The minimum absolute atomic E-state index is 0.153. The highest BCUT2D eigenvalue weighted by atomic mass is 16.2. The van der Waals surface area contributed by atoms with Gasteiger partial charge in [-0.1, -0.05) is 0 Å². The van der Waals surface area contributed by atoms with Crippen molar-refractivity contribution in [3.8, 4) is 0 Å². The van der Waals surface area contributed by atoms with E-state index in [1.165, 1.54) is 0 Å². The first-order valence-electron chi connectivity index (χ1n) is 6.21. The highest BCUT2D eigenvalue weighted by Crippen LogP contribution is 2.10. The number of carbonyl (C=O) groups is 1. The van der Waals surface area contributed by atoms with Crippen LogP contribution in [0.15, 0.2) is 24.3 Å². The summed E-state index contributed by atoms with van der Waals surface area (Å²) in [4.78, 5) is 16.1. The predicted molar refractivity (Wildman–Crippen MR) is 73.4 cm³/mol. The van der Waals surface area contributed by atoms with Gasteiger partial charge in [0.2, 0.25) is 5.91 Å². The zero-order valence-electron chi connectivity index (χ0n) is 10.7. The van der Waals surface area contributed by atoms with E-state index in [4.69, 9.17) is 5.73 Å². The molecule has 98 valence electrons. The molecule has 1 saturated heterocycles. The Labute approximate surface area is 108 Å². The molecule has 18 heavy (non-hydrogen) atoms. The summed E-state index contributed by atoms with van der Waals surface area (Å²) in [5.41, 5.74) is 7.26. The van der Waals surface area contributed by atoms with Gasteiger partial charge in [-0.15, -0.1) is 0 Å². The lowest BCUT2D eigenvalue weighted by Crippen LogP contribution is -2.48. The van der Waals surface area contributed by atoms with Gasteiger partial charge in [0.1, 0.15) is 0 Å². The predicted octanol–water partition coefficient (Wildman–Crippen LogP) is 0.455. The molecule has 1 heterocycles. The number of benzene rings is 1. The Morgan fingerprint density at radius 3 is 2.44 bits per heavy atom. The first-order valence-corrected chi connectivity index (χ1v) is 6.21. The lowest BCUT2D eigenvalue weighted by Gasteiger charge is -2.32. The van der Waals surface area contributed by atoms with Gasteiger partial charge >= 0.3 is 0 Å². The van der Waals surface area contributed by atoms with Crippen LogP contribution in [0.2, 0.25) is 0 Å². The molecule has 1 aromatic rings. The third-order valence-electron chi connectivity index (χ3n) is 3.21. The summed E-state index contributed by atoms with van der Waals surface area (Å²) in [6.45, 7) is 3.88. The number of amides is 1. The van der Waals surface area contributed by atoms with E-state index in [2.05, 4.69) is 17.3 Å². The molecule has 0 atom stereocenters. The van der Waals surface area contributed by atoms with E-state index in [1.54, 1.807) is 0 Å². The Hall–Kier alpha value is -1.75. The lowest BCUT2D eigenvalue weighted by molar-refractivity contribution is -0.130. The van der Waals surface area contributed by atoms with Gasteiger partial charge in [0.05, 0.1) is 6.54 Å². The first kappa shape index (κ1) is 12.7. The molecule has 1 aliphatic heterocycles. The summed E-state index contributed by atoms with van der Waals surface area (Å²) in [6.07, 6.45) is 0. The molecule has 2 rings (SSSR count). The van der Waals surface area contributed by atoms with Gasteiger partial charge in [-0.05, 0) is 31.3 Å². The van der Waals surface area contributed by atoms with Crippen LogP contribution >= 0.6 is 0 Å². The van der Waals surface area contributed by atoms with Crippen LogP contribution < -0.4 is 11.1 Å². The molecule has 5 heteroatoms. The van der Waals surface area contributed by atoms with Crippen LogP contribution in [-0.4, -0.2) is 55.5 Å². The fourth-order valence-corrected chi connectivity index (χ4v) is 1.95. The van der Waals surface area contributed by atoms with E-state index < -0.39 is 0 Å². The van der Waals surface area contributed by atoms with E-state index >= 15 is 0 Å². The summed E-state index contributed by atoms with van der Waals surface area (Å²) in [5.74, 6) is 0.153. The van der Waals surface area contributed by atoms with Crippen LogP contribution in [-0.2, 0) is 4.79 Å². The monoisotopic (exact) mass is 248 g/mol. The molecule has 0 bridgehead atoms. The van der Waals surface area contributed by atoms with Crippen LogP contribution in [0.5, 0.6) is 0 Å². The van der Waals surface area contributed by atoms with Crippen molar-refractivity contribution in [2.45, 2.75) is 0 Å². The summed E-state index contributed by atoms with van der Waals surface area (Å²) >= 11 is 0. The Morgan fingerprint density at radius 2 is 1.83 bits per heavy atom. The highest BCUT2D eigenvalue weighted by molar-refractivity contribution is 5.81. The van der Waals surface area contributed by atoms with Gasteiger partial charge < -0.3 is 20.9 Å². The van der Waals surface area contributed by atoms with Gasteiger partial charge in [-0.2, -0.15) is 0 Å². The zero-order valence-corrected chi connectivity index (χ0v) is 10.7. The highest BCUT2D eigenvalue weighted by Gasteiger charge is 2.18. The maximum atomic E-state index is 12.0. The molecular weight excluding hydrogens is 228 g/mol. The number of carbonyl (C=O) groups excluding carboxylic acids is 1. The van der Waals surface area contributed by atoms with Crippen molar-refractivity contribution in [3.05, 3.63) is 24.3 Å². The van der Waals surface area contributed by atoms with Crippen LogP contribution in [0.4, 0.5) is 11.4 Å². The minimum atomic E-state index is 0.153. The van der Waals surface area contributed by atoms with Gasteiger partial charge in [-0.25, -0.2) is 0 Å². The van der Waals surface area contributed by atoms with Crippen molar-refractivity contribution in [1.29, 1.82) is 0 Å². The summed E-state index contributed by atoms with van der Waals surface area (Å²) in [6, 6.07) is 7.41. The Balaban J connectivity index is 1.79. The van der Waals surface area contributed by atoms with Crippen LogP contribution in [0.3, 0.4) is 0 Å². The van der Waals surface area contributed by atoms with E-state index in [-0.39, 0.29) is 5.91 Å². The maximum Gasteiger partial charge on any atom is 0.241 e. The number of nitrogens with zero attached hydrogens (tertiary/aromatic N) is 2. The number of hydrogen-bond donors (Lipinski definition) is 2. The van der Waals surface area contributed by atoms with Gasteiger partial charge in [0, 0.05) is 37.6 Å². The van der Waals surface area contributed by atoms with Crippen LogP contribution in [0.25, 0.3) is 0 Å². The molecule has 0 spiro atoms. The molecule has 1 aliphatic rings. The number of nitrogens with one attached hydrogen (secondary N) is 1. The molecule has 0 saturated carbocycles. The topological polar surface area (TPSA) is 61.6 Å². The van der Waals surface area contributed by atoms with Crippen molar-refractivity contribution in [2.75, 3.05) is 50.8 Å². The van der Waals surface area contributed by atoms with E-state index in [9.17, 15) is 4.79 Å². The van der Waals surface area contributed by atoms with Gasteiger partial charge in [0.15, 0.2) is 0 Å². The molecule has 0 aliphatic carbocycles. The largest absolute Gasteiger partial charge is 0.399 e. The second-order valence-electron chi connectivity index (χ2n) is 4.66. The quantitative estimate of drug-likeness (QED) is 0.763. The number of hydrogen-bond acceptors (Lipinski definition) is 4. The molecule has 0 radical (unpaired) electrons. The second-order valence-corrected chi connectivity index (χ2v) is 4.66. The molecule has 3 N–H and O–H groups in total. The molecule has 1 aromatic carbocycles. The molecule has 0 unspecified atom stereocenters. The zero-order chi connectivity index (χ0) is 13.0. The number of rotatable bonds is 3. The third kappa shape index (κ3) is 3.37. The smallest absolute Gasteiger partial charge is 0.241 e. The number of nitrogens with two attached hydrogens (primary N) is 1. The lowest BCUT2D eigenvalue weighted by atomic mass is 10.3. The van der Waals surface area contributed by atoms with Crippen molar-refractivity contribution in [2.24, 2.45) is 0 Å². The minimum Gasteiger partial charge on any atom is -0.399 e. The average molecular weight is 248 g/mol. The fourth-order valence-electron chi connectivity index (χ4n) is 1.95. The summed E-state index contributed by atoms with van der Waals surface area (Å²) < 4.78 is 0. The first-order chi connectivity index (χ1) is 8.65. The van der Waals surface area contributed by atoms with Gasteiger partial charge in [-0.3, -0.25) is 4.79 Å². The maximum absolute atomic E-state index is 12.0. The second kappa shape index (κ2) is 5.73. The van der Waals surface area contributed by atoms with Crippen LogP contribution in [0, 0.1) is 0 Å². The Bertz CT molecular complexity index is 396. The SMILES string of the molecule is CN1CCN(C(=O)CNc2ccc(N)cc2)CC1. The molecule has 0 aromatic heterocycles. The standard InChI is InChI=1S/C13H20N4O/c1-16-6-8-17(9-7-16)13(18)10-15-12-4-2-11(14)3-5-12/h2-5,15H,6-10,14H2,1H3. The van der Waals surface area contributed by atoms with Crippen molar-refractivity contribution >= 4 is 17.3 Å². The number of likely N-dealkylation sites (N-methyl/N-ethyl adjacent to an activating group) is 1. The molecular formula is C13H20N4O. The Morgan fingerprint density at radius 1 is 1.22 bits per heavy atom. The number of anilines is 2. The van der Waals surface area contributed by atoms with E-state index in [0.717, 1.165) is 37.6 Å². The summed E-state index contributed by atoms with van der Waals surface area (Å²) in [5, 5.41) is 3.12. The molecule has 5 nitrogen and oxygen atoms in total. The fraction of sp³-hybridized carbons (Fsp3) is 0.462. The molecule has 1 amide bonds. The number of piperazine rings is 1. The molecule has 1 fully saturated rings. The van der Waals surface area contributed by atoms with E-state index in [0.29, 0.717) is 6.54 Å².